The minimum Gasteiger partial charge on any atom is -0.462 e. The first-order valence-electron chi connectivity index (χ1n) is 37.8. The molecule has 5 unspecified atom stereocenters. The lowest BCUT2D eigenvalue weighted by molar-refractivity contribution is -0.161. The fourth-order valence-corrected chi connectivity index (χ4v) is 12.5. The van der Waals surface area contributed by atoms with E-state index >= 15 is 0 Å². The molecular formula is C73H142O17P2. The lowest BCUT2D eigenvalue weighted by Crippen LogP contribution is -2.30. The number of aliphatic hydroxyl groups excluding tert-OH is 1. The molecular weight excluding hydrogens is 1210 g/mol. The van der Waals surface area contributed by atoms with E-state index in [4.69, 9.17) is 37.0 Å². The molecule has 0 bridgehead atoms. The van der Waals surface area contributed by atoms with Crippen LogP contribution in [0.1, 0.15) is 364 Å². The molecule has 0 aliphatic heterocycles. The van der Waals surface area contributed by atoms with Gasteiger partial charge in [-0.2, -0.15) is 0 Å². The number of ether oxygens (including phenoxy) is 4. The first-order valence-corrected chi connectivity index (χ1v) is 40.8. The molecule has 0 saturated carbocycles. The van der Waals surface area contributed by atoms with Gasteiger partial charge in [-0.25, -0.2) is 9.13 Å². The van der Waals surface area contributed by atoms with Crippen LogP contribution in [0.3, 0.4) is 0 Å². The molecule has 0 aromatic rings. The smallest absolute Gasteiger partial charge is 0.462 e. The second-order valence-corrected chi connectivity index (χ2v) is 30.7. The Morgan fingerprint density at radius 3 is 0.772 bits per heavy atom. The Bertz CT molecular complexity index is 1820. The van der Waals surface area contributed by atoms with Gasteiger partial charge in [0.2, 0.25) is 0 Å². The normalized spacial score (nSPS) is 14.8. The van der Waals surface area contributed by atoms with Crippen LogP contribution in [0.4, 0.5) is 0 Å². The predicted octanol–water partition coefficient (Wildman–Crippen LogP) is 20.9. The van der Waals surface area contributed by atoms with Gasteiger partial charge in [-0.05, 0) is 49.4 Å². The molecule has 17 nitrogen and oxygen atoms in total. The maximum absolute atomic E-state index is 13.1. The van der Waals surface area contributed by atoms with E-state index in [2.05, 4.69) is 55.4 Å². The van der Waals surface area contributed by atoms with E-state index in [-0.39, 0.29) is 25.7 Å². The molecule has 0 aromatic heterocycles. The molecule has 0 aliphatic carbocycles. The monoisotopic (exact) mass is 1350 g/mol. The number of phosphoric ester groups is 2. The molecule has 92 heavy (non-hydrogen) atoms. The Hall–Kier alpha value is -1.94. The zero-order valence-electron chi connectivity index (χ0n) is 60.2. The molecule has 3 N–H and O–H groups in total. The Morgan fingerprint density at radius 2 is 0.522 bits per heavy atom. The lowest BCUT2D eigenvalue weighted by atomic mass is 9.99. The third-order valence-electron chi connectivity index (χ3n) is 17.5. The van der Waals surface area contributed by atoms with E-state index in [0.717, 1.165) is 108 Å². The minimum atomic E-state index is -4.96. The van der Waals surface area contributed by atoms with Crippen LogP contribution in [-0.2, 0) is 65.4 Å². The van der Waals surface area contributed by atoms with Gasteiger partial charge in [0.05, 0.1) is 26.4 Å². The summed E-state index contributed by atoms with van der Waals surface area (Å²) in [4.78, 5) is 72.6. The summed E-state index contributed by atoms with van der Waals surface area (Å²) in [6.07, 6.45) is 45.9. The largest absolute Gasteiger partial charge is 0.472 e. The van der Waals surface area contributed by atoms with Gasteiger partial charge < -0.3 is 33.8 Å². The topological polar surface area (TPSA) is 237 Å². The number of hydrogen-bond acceptors (Lipinski definition) is 15. The van der Waals surface area contributed by atoms with Crippen molar-refractivity contribution in [2.24, 2.45) is 23.7 Å². The minimum absolute atomic E-state index is 0.102. The standard InChI is InChI=1S/C73H142O17P2/c1-9-65(7)51-43-35-27-19-15-13-11-12-14-16-21-29-37-45-53-70(75)83-59-68(89-72(77)55-47-39-30-22-18-17-20-28-36-44-52-66(8)10-2)61-87-91(79,80)85-57-67(74)58-86-92(81,82)88-62-69(90-73(78)56-48-40-32-24-26-34-42-50-64(5)6)60-84-71(76)54-46-38-31-23-25-33-41-49-63(3)4/h63-69,74H,9-62H2,1-8H3,(H,79,80)(H,81,82)/t65?,66?,67?,68-,69-/m1/s1. The van der Waals surface area contributed by atoms with E-state index < -0.39 is 97.5 Å². The second-order valence-electron chi connectivity index (χ2n) is 27.8. The van der Waals surface area contributed by atoms with Crippen LogP contribution in [0.15, 0.2) is 0 Å². The number of carbonyl (C=O) groups excluding carboxylic acids is 4. The Balaban J connectivity index is 5.23. The molecule has 0 radical (unpaired) electrons. The van der Waals surface area contributed by atoms with Crippen molar-refractivity contribution in [3.05, 3.63) is 0 Å². The molecule has 0 heterocycles. The Labute approximate surface area is 562 Å². The maximum Gasteiger partial charge on any atom is 0.472 e. The van der Waals surface area contributed by atoms with Gasteiger partial charge in [0.15, 0.2) is 12.2 Å². The number of hydrogen-bond donors (Lipinski definition) is 3. The molecule has 0 spiro atoms. The van der Waals surface area contributed by atoms with Crippen LogP contribution in [0, 0.1) is 23.7 Å². The van der Waals surface area contributed by atoms with Crippen molar-refractivity contribution in [3.63, 3.8) is 0 Å². The molecule has 0 aromatic carbocycles. The summed E-state index contributed by atoms with van der Waals surface area (Å²) in [6, 6.07) is 0. The summed E-state index contributed by atoms with van der Waals surface area (Å²) in [6.45, 7) is 14.1. The number of unbranched alkanes of at least 4 members (excludes halogenated alkanes) is 34. The molecule has 546 valence electrons. The fraction of sp³-hybridized carbons (Fsp3) is 0.945. The average molecular weight is 1350 g/mol. The van der Waals surface area contributed by atoms with E-state index in [1.54, 1.807) is 0 Å². The van der Waals surface area contributed by atoms with Crippen molar-refractivity contribution < 1.29 is 80.2 Å². The molecule has 0 aliphatic rings. The summed E-state index contributed by atoms with van der Waals surface area (Å²) >= 11 is 0. The zero-order valence-corrected chi connectivity index (χ0v) is 62.0. The van der Waals surface area contributed by atoms with Crippen LogP contribution < -0.4 is 0 Å². The van der Waals surface area contributed by atoms with Crippen molar-refractivity contribution in [3.8, 4) is 0 Å². The van der Waals surface area contributed by atoms with Crippen LogP contribution in [0.5, 0.6) is 0 Å². The van der Waals surface area contributed by atoms with E-state index in [1.807, 2.05) is 0 Å². The molecule has 0 fully saturated rings. The first kappa shape index (κ1) is 90.1. The van der Waals surface area contributed by atoms with Crippen LogP contribution in [0.2, 0.25) is 0 Å². The van der Waals surface area contributed by atoms with Gasteiger partial charge in [-0.1, -0.05) is 312 Å². The zero-order chi connectivity index (χ0) is 68.2. The van der Waals surface area contributed by atoms with Crippen molar-refractivity contribution in [2.75, 3.05) is 39.6 Å². The van der Waals surface area contributed by atoms with Gasteiger partial charge in [-0.15, -0.1) is 0 Å². The van der Waals surface area contributed by atoms with E-state index in [0.29, 0.717) is 37.5 Å². The predicted molar refractivity (Wildman–Crippen MR) is 372 cm³/mol. The van der Waals surface area contributed by atoms with Crippen molar-refractivity contribution in [1.29, 1.82) is 0 Å². The molecule has 7 atom stereocenters. The van der Waals surface area contributed by atoms with Gasteiger partial charge in [0, 0.05) is 25.7 Å². The quantitative estimate of drug-likeness (QED) is 0.0222. The molecule has 0 saturated heterocycles. The Kier molecular flexibility index (Phi) is 61.3. The van der Waals surface area contributed by atoms with Crippen LogP contribution in [-0.4, -0.2) is 96.7 Å². The van der Waals surface area contributed by atoms with Gasteiger partial charge in [-0.3, -0.25) is 37.3 Å². The van der Waals surface area contributed by atoms with Crippen LogP contribution in [0.25, 0.3) is 0 Å². The number of aliphatic hydroxyl groups is 1. The average Bonchev–Trinajstić information content (AvgIpc) is 2.74. The highest BCUT2D eigenvalue weighted by Crippen LogP contribution is 2.45. The highest BCUT2D eigenvalue weighted by Gasteiger charge is 2.30. The van der Waals surface area contributed by atoms with Crippen molar-refractivity contribution in [1.82, 2.24) is 0 Å². The maximum atomic E-state index is 13.1. The summed E-state index contributed by atoms with van der Waals surface area (Å²) in [7, 11) is -9.91. The molecule has 0 amide bonds. The summed E-state index contributed by atoms with van der Waals surface area (Å²) in [5, 5.41) is 10.6. The van der Waals surface area contributed by atoms with Gasteiger partial charge in [0.25, 0.3) is 0 Å². The summed E-state index contributed by atoms with van der Waals surface area (Å²) in [5.41, 5.74) is 0. The first-order chi connectivity index (χ1) is 44.2. The fourth-order valence-electron chi connectivity index (χ4n) is 11.0. The number of phosphoric acid groups is 2. The highest BCUT2D eigenvalue weighted by molar-refractivity contribution is 7.47. The highest BCUT2D eigenvalue weighted by atomic mass is 31.2. The van der Waals surface area contributed by atoms with Gasteiger partial charge in [0.1, 0.15) is 19.3 Å². The number of esters is 4. The number of rotatable bonds is 70. The summed E-state index contributed by atoms with van der Waals surface area (Å²) in [5.74, 6) is 0.926. The van der Waals surface area contributed by atoms with E-state index in [1.165, 1.54) is 161 Å². The van der Waals surface area contributed by atoms with Gasteiger partial charge >= 0.3 is 39.5 Å². The number of carbonyl (C=O) groups is 4. The van der Waals surface area contributed by atoms with E-state index in [9.17, 15) is 43.2 Å². The molecule has 19 heteroatoms. The van der Waals surface area contributed by atoms with Crippen molar-refractivity contribution in [2.45, 2.75) is 382 Å². The van der Waals surface area contributed by atoms with Crippen molar-refractivity contribution >= 4 is 39.5 Å². The van der Waals surface area contributed by atoms with Crippen LogP contribution >= 0.6 is 15.6 Å². The second kappa shape index (κ2) is 62.6. The lowest BCUT2D eigenvalue weighted by Gasteiger charge is -2.21. The Morgan fingerprint density at radius 1 is 0.304 bits per heavy atom. The SMILES string of the molecule is CCC(C)CCCCCCCCCCCCCCCCC(=O)OC[C@H](COP(=O)(O)OCC(O)COP(=O)(O)OC[C@@H](COC(=O)CCCCCCCCCC(C)C)OC(=O)CCCCCCCCCC(C)C)OC(=O)CCCCCCCCCCCCC(C)CC. The third-order valence-corrected chi connectivity index (χ3v) is 19.4. The summed E-state index contributed by atoms with van der Waals surface area (Å²) < 4.78 is 68.4. The molecule has 0 rings (SSSR count). The third kappa shape index (κ3) is 64.1.